The normalized spacial score (nSPS) is 24.1. The molecule has 1 aromatic rings. The van der Waals surface area contributed by atoms with Crippen molar-refractivity contribution in [3.8, 4) is 5.75 Å². The van der Waals surface area contributed by atoms with Crippen molar-refractivity contribution in [1.82, 2.24) is 0 Å². The molecule has 1 fully saturated rings. The van der Waals surface area contributed by atoms with E-state index in [-0.39, 0.29) is 23.4 Å². The molecule has 0 radical (unpaired) electrons. The number of hydrogen-bond donors (Lipinski definition) is 1. The maximum Gasteiger partial charge on any atom is 0.262 e. The molecule has 3 rings (SSSR count). The zero-order chi connectivity index (χ0) is 13.2. The van der Waals surface area contributed by atoms with Crippen LogP contribution < -0.4 is 10.1 Å². The molecule has 4 nitrogen and oxygen atoms in total. The van der Waals surface area contributed by atoms with Gasteiger partial charge in [0.05, 0.1) is 16.6 Å². The second-order valence-electron chi connectivity index (χ2n) is 4.90. The maximum absolute atomic E-state index is 11.3. The summed E-state index contributed by atoms with van der Waals surface area (Å²) in [6.07, 6.45) is 3.62. The summed E-state index contributed by atoms with van der Waals surface area (Å²) in [7, 11) is 0. The summed E-state index contributed by atoms with van der Waals surface area (Å²) in [5.74, 6) is 0.623. The Bertz CT molecular complexity index is 486. The Morgan fingerprint density at radius 2 is 2.26 bits per heavy atom. The third-order valence-electron chi connectivity index (χ3n) is 3.50. The fourth-order valence-electron chi connectivity index (χ4n) is 2.48. The van der Waals surface area contributed by atoms with Crippen molar-refractivity contribution in [1.29, 1.82) is 0 Å². The number of alkyl halides is 1. The highest BCUT2D eigenvalue weighted by molar-refractivity contribution is 9.09. The number of carbonyl (C=O) groups is 1. The molecule has 1 saturated heterocycles. The van der Waals surface area contributed by atoms with Gasteiger partial charge in [-0.1, -0.05) is 22.0 Å². The summed E-state index contributed by atoms with van der Waals surface area (Å²) in [5, 5.41) is 2.83. The Hall–Kier alpha value is -1.07. The van der Waals surface area contributed by atoms with Gasteiger partial charge >= 0.3 is 0 Å². The summed E-state index contributed by atoms with van der Waals surface area (Å²) in [5.41, 5.74) is 1.85. The van der Waals surface area contributed by atoms with Crippen LogP contribution in [0.25, 0.3) is 0 Å². The first-order chi connectivity index (χ1) is 9.24. The number of rotatable bonds is 2. The van der Waals surface area contributed by atoms with Crippen molar-refractivity contribution >= 4 is 27.5 Å². The van der Waals surface area contributed by atoms with Gasteiger partial charge in [0.1, 0.15) is 5.75 Å². The molecule has 0 saturated carbocycles. The smallest absolute Gasteiger partial charge is 0.262 e. The van der Waals surface area contributed by atoms with Crippen LogP contribution >= 0.6 is 15.9 Å². The van der Waals surface area contributed by atoms with Crippen LogP contribution in [0.2, 0.25) is 0 Å². The Labute approximate surface area is 120 Å². The fourth-order valence-corrected chi connectivity index (χ4v) is 3.19. The van der Waals surface area contributed by atoms with Crippen molar-refractivity contribution in [2.24, 2.45) is 0 Å². The number of hydrogen-bond acceptors (Lipinski definition) is 3. The molecule has 0 aliphatic carbocycles. The minimum atomic E-state index is -0.107. The van der Waals surface area contributed by atoms with E-state index in [2.05, 4.69) is 21.2 Å². The van der Waals surface area contributed by atoms with Crippen LogP contribution in [-0.2, 0) is 9.53 Å². The van der Waals surface area contributed by atoms with E-state index in [4.69, 9.17) is 9.47 Å². The number of halogens is 1. The van der Waals surface area contributed by atoms with Gasteiger partial charge in [0, 0.05) is 6.61 Å². The highest BCUT2D eigenvalue weighted by Crippen LogP contribution is 2.37. The zero-order valence-corrected chi connectivity index (χ0v) is 12.1. The van der Waals surface area contributed by atoms with Crippen LogP contribution in [0.1, 0.15) is 29.7 Å². The SMILES string of the molecule is O=C1COc2ccc(C(Br)C3CCCCO3)cc2N1. The van der Waals surface area contributed by atoms with E-state index in [1.54, 1.807) is 0 Å². The van der Waals surface area contributed by atoms with E-state index >= 15 is 0 Å². The number of carbonyl (C=O) groups excluding carboxylic acids is 1. The molecule has 0 bridgehead atoms. The van der Waals surface area contributed by atoms with Gasteiger partial charge in [0.2, 0.25) is 0 Å². The summed E-state index contributed by atoms with van der Waals surface area (Å²) < 4.78 is 11.2. The molecule has 5 heteroatoms. The highest BCUT2D eigenvalue weighted by atomic mass is 79.9. The van der Waals surface area contributed by atoms with Gasteiger partial charge in [0.25, 0.3) is 5.91 Å². The molecular formula is C14H16BrNO3. The van der Waals surface area contributed by atoms with Crippen LogP contribution in [0, 0.1) is 0 Å². The summed E-state index contributed by atoms with van der Waals surface area (Å²) in [6.45, 7) is 0.924. The Balaban J connectivity index is 1.80. The molecule has 2 atom stereocenters. The fraction of sp³-hybridized carbons (Fsp3) is 0.500. The van der Waals surface area contributed by atoms with E-state index in [9.17, 15) is 4.79 Å². The predicted octanol–water partition coefficient (Wildman–Crippen LogP) is 3.02. The van der Waals surface area contributed by atoms with Crippen LogP contribution in [0.4, 0.5) is 5.69 Å². The summed E-state index contributed by atoms with van der Waals surface area (Å²) in [4.78, 5) is 11.5. The molecule has 0 aromatic heterocycles. The number of amides is 1. The quantitative estimate of drug-likeness (QED) is 0.850. The molecule has 2 unspecified atom stereocenters. The Morgan fingerprint density at radius 1 is 1.37 bits per heavy atom. The van der Waals surface area contributed by atoms with Gasteiger partial charge in [-0.25, -0.2) is 0 Å². The minimum absolute atomic E-state index is 0.0931. The predicted molar refractivity (Wildman–Crippen MR) is 75.8 cm³/mol. The molecule has 0 spiro atoms. The third-order valence-corrected chi connectivity index (χ3v) is 4.61. The lowest BCUT2D eigenvalue weighted by Crippen LogP contribution is -2.26. The lowest BCUT2D eigenvalue weighted by atomic mass is 10.0. The number of benzene rings is 1. The molecule has 102 valence electrons. The number of anilines is 1. The van der Waals surface area contributed by atoms with Crippen molar-refractivity contribution < 1.29 is 14.3 Å². The summed E-state index contributed by atoms with van der Waals surface area (Å²) in [6, 6.07) is 5.89. The molecule has 19 heavy (non-hydrogen) atoms. The van der Waals surface area contributed by atoms with Crippen LogP contribution in [0.5, 0.6) is 5.75 Å². The lowest BCUT2D eigenvalue weighted by molar-refractivity contribution is -0.118. The van der Waals surface area contributed by atoms with Crippen molar-refractivity contribution in [2.45, 2.75) is 30.2 Å². The van der Waals surface area contributed by atoms with Gasteiger partial charge < -0.3 is 14.8 Å². The monoisotopic (exact) mass is 325 g/mol. The number of fused-ring (bicyclic) bond motifs is 1. The van der Waals surface area contributed by atoms with Crippen molar-refractivity contribution in [2.75, 3.05) is 18.5 Å². The standard InChI is InChI=1S/C14H16BrNO3/c15-14(12-3-1-2-6-18-12)9-4-5-11-10(7-9)16-13(17)8-19-11/h4-5,7,12,14H,1-3,6,8H2,(H,16,17). The van der Waals surface area contributed by atoms with E-state index in [1.165, 1.54) is 6.42 Å². The van der Waals surface area contributed by atoms with Crippen molar-refractivity contribution in [3.05, 3.63) is 23.8 Å². The first-order valence-corrected chi connectivity index (χ1v) is 7.48. The summed E-state index contributed by atoms with van der Waals surface area (Å²) >= 11 is 3.71. The van der Waals surface area contributed by atoms with Gasteiger partial charge in [-0.2, -0.15) is 0 Å². The van der Waals surface area contributed by atoms with Crippen LogP contribution in [0.15, 0.2) is 18.2 Å². The molecule has 1 amide bonds. The first-order valence-electron chi connectivity index (χ1n) is 6.56. The lowest BCUT2D eigenvalue weighted by Gasteiger charge is -2.28. The van der Waals surface area contributed by atoms with Crippen LogP contribution in [-0.4, -0.2) is 25.2 Å². The minimum Gasteiger partial charge on any atom is -0.482 e. The molecular weight excluding hydrogens is 310 g/mol. The van der Waals surface area contributed by atoms with E-state index in [0.717, 1.165) is 36.4 Å². The average molecular weight is 326 g/mol. The molecule has 1 N–H and O–H groups in total. The molecule has 2 heterocycles. The second-order valence-corrected chi connectivity index (χ2v) is 5.89. The van der Waals surface area contributed by atoms with Gasteiger partial charge in [-0.15, -0.1) is 0 Å². The molecule has 2 aliphatic rings. The Kier molecular flexibility index (Phi) is 3.75. The third kappa shape index (κ3) is 2.77. The topological polar surface area (TPSA) is 47.6 Å². The van der Waals surface area contributed by atoms with E-state index in [1.807, 2.05) is 18.2 Å². The van der Waals surface area contributed by atoms with Gasteiger partial charge in [-0.3, -0.25) is 4.79 Å². The number of ether oxygens (including phenoxy) is 2. The maximum atomic E-state index is 11.3. The molecule has 1 aromatic carbocycles. The van der Waals surface area contributed by atoms with E-state index in [0.29, 0.717) is 0 Å². The Morgan fingerprint density at radius 3 is 3.05 bits per heavy atom. The zero-order valence-electron chi connectivity index (χ0n) is 10.5. The van der Waals surface area contributed by atoms with Gasteiger partial charge in [0.15, 0.2) is 6.61 Å². The first kappa shape index (κ1) is 12.9. The van der Waals surface area contributed by atoms with Crippen LogP contribution in [0.3, 0.4) is 0 Å². The van der Waals surface area contributed by atoms with E-state index < -0.39 is 0 Å². The number of nitrogens with one attached hydrogen (secondary N) is 1. The average Bonchev–Trinajstić information content (AvgIpc) is 2.46. The largest absolute Gasteiger partial charge is 0.482 e. The molecule has 2 aliphatic heterocycles. The van der Waals surface area contributed by atoms with Crippen molar-refractivity contribution in [3.63, 3.8) is 0 Å². The van der Waals surface area contributed by atoms with Gasteiger partial charge in [-0.05, 0) is 37.0 Å². The highest BCUT2D eigenvalue weighted by Gasteiger charge is 2.25. The second kappa shape index (κ2) is 5.51.